The maximum absolute atomic E-state index is 12.3. The highest BCUT2D eigenvalue weighted by Gasteiger charge is 2.18. The third-order valence-electron chi connectivity index (χ3n) is 3.39. The van der Waals surface area contributed by atoms with Crippen molar-refractivity contribution in [1.29, 1.82) is 0 Å². The van der Waals surface area contributed by atoms with Gasteiger partial charge in [-0.25, -0.2) is 14.3 Å². The van der Waals surface area contributed by atoms with Crippen molar-refractivity contribution in [2.75, 3.05) is 11.5 Å². The van der Waals surface area contributed by atoms with E-state index in [1.54, 1.807) is 12.1 Å². The fraction of sp³-hybridized carbons (Fsp3) is 0.267. The Hall–Kier alpha value is -2.83. The molecule has 0 aliphatic rings. The monoisotopic (exact) mass is 299 g/mol. The van der Waals surface area contributed by atoms with Crippen molar-refractivity contribution in [2.24, 2.45) is 0 Å². The summed E-state index contributed by atoms with van der Waals surface area (Å²) in [5, 5.41) is 1.49. The van der Waals surface area contributed by atoms with E-state index in [0.29, 0.717) is 22.2 Å². The van der Waals surface area contributed by atoms with Gasteiger partial charge in [0.05, 0.1) is 22.5 Å². The van der Waals surface area contributed by atoms with E-state index in [-0.39, 0.29) is 12.1 Å². The zero-order chi connectivity index (χ0) is 16.0. The van der Waals surface area contributed by atoms with Crippen molar-refractivity contribution in [2.45, 2.75) is 26.9 Å². The van der Waals surface area contributed by atoms with Crippen LogP contribution in [0.25, 0.3) is 21.8 Å². The highest BCUT2D eigenvalue weighted by molar-refractivity contribution is 6.12. The van der Waals surface area contributed by atoms with Crippen LogP contribution < -0.4 is 11.5 Å². The number of nitrogens with zero attached hydrogens (tertiary/aromatic N) is 3. The number of rotatable bonds is 1. The van der Waals surface area contributed by atoms with E-state index in [1.807, 2.05) is 26.8 Å². The van der Waals surface area contributed by atoms with Gasteiger partial charge in [-0.3, -0.25) is 0 Å². The Morgan fingerprint density at radius 3 is 2.68 bits per heavy atom. The lowest BCUT2D eigenvalue weighted by atomic mass is 10.1. The Morgan fingerprint density at radius 1 is 1.27 bits per heavy atom. The molecular weight excluding hydrogens is 282 g/mol. The van der Waals surface area contributed by atoms with Crippen molar-refractivity contribution in [3.8, 4) is 0 Å². The second kappa shape index (κ2) is 4.87. The molecule has 3 aromatic rings. The van der Waals surface area contributed by atoms with Crippen LogP contribution in [-0.4, -0.2) is 26.7 Å². The number of fused-ring (bicyclic) bond motifs is 3. The van der Waals surface area contributed by atoms with E-state index in [0.717, 1.165) is 11.1 Å². The number of carbonyl (C=O) groups excluding carboxylic acids is 1. The number of hydrogen-bond acceptors (Lipinski definition) is 6. The van der Waals surface area contributed by atoms with Crippen molar-refractivity contribution in [3.05, 3.63) is 23.9 Å². The number of aryl methyl sites for hydroxylation is 1. The van der Waals surface area contributed by atoms with Gasteiger partial charge in [-0.1, -0.05) is 0 Å². The first-order valence-electron chi connectivity index (χ1n) is 6.93. The molecule has 0 spiro atoms. The topological polar surface area (TPSA) is 109 Å². The van der Waals surface area contributed by atoms with Gasteiger partial charge in [0.25, 0.3) is 0 Å². The molecule has 0 radical (unpaired) electrons. The molecular formula is C15H17N5O2. The summed E-state index contributed by atoms with van der Waals surface area (Å²) in [6, 6.07) is 5.44. The minimum atomic E-state index is -0.420. The lowest BCUT2D eigenvalue weighted by molar-refractivity contribution is 0.117. The number of carbonyl (C=O) groups is 1. The fourth-order valence-corrected chi connectivity index (χ4v) is 2.59. The molecule has 1 aromatic carbocycles. The van der Waals surface area contributed by atoms with Crippen LogP contribution in [0.5, 0.6) is 0 Å². The molecule has 0 atom stereocenters. The maximum Gasteiger partial charge on any atom is 0.418 e. The molecule has 22 heavy (non-hydrogen) atoms. The molecule has 0 bridgehead atoms. The Kier molecular flexibility index (Phi) is 3.13. The predicted molar refractivity (Wildman–Crippen MR) is 85.6 cm³/mol. The van der Waals surface area contributed by atoms with Crippen LogP contribution in [0.4, 0.5) is 16.6 Å². The molecule has 0 saturated carbocycles. The molecule has 4 N–H and O–H groups in total. The van der Waals surface area contributed by atoms with Gasteiger partial charge in [-0.2, -0.15) is 4.98 Å². The SMILES string of the molecule is Cc1cc2c3c(N)nc(N)nc3ccc2n1C(=O)OC(C)C. The number of hydrogen-bond donors (Lipinski definition) is 2. The Bertz CT molecular complexity index is 898. The lowest BCUT2D eigenvalue weighted by Gasteiger charge is -2.11. The standard InChI is InChI=1S/C15H17N5O2/c1-7(2)22-15(21)20-8(3)6-9-11(20)5-4-10-12(9)13(16)19-14(17)18-10/h4-7H,1-3H3,(H4,16,17,18,19). The number of aromatic nitrogens is 3. The molecule has 2 heterocycles. The number of benzene rings is 1. The van der Waals surface area contributed by atoms with Crippen LogP contribution in [0.15, 0.2) is 18.2 Å². The van der Waals surface area contributed by atoms with Crippen molar-refractivity contribution in [3.63, 3.8) is 0 Å². The van der Waals surface area contributed by atoms with Gasteiger partial charge in [0.15, 0.2) is 0 Å². The Balaban J connectivity index is 2.32. The number of nitrogens with two attached hydrogens (primary N) is 2. The van der Waals surface area contributed by atoms with Gasteiger partial charge in [0, 0.05) is 11.1 Å². The smallest absolute Gasteiger partial charge is 0.418 e. The first-order valence-corrected chi connectivity index (χ1v) is 6.93. The van der Waals surface area contributed by atoms with E-state index in [9.17, 15) is 4.79 Å². The third-order valence-corrected chi connectivity index (χ3v) is 3.39. The lowest BCUT2D eigenvalue weighted by Crippen LogP contribution is -2.18. The van der Waals surface area contributed by atoms with Gasteiger partial charge in [-0.05, 0) is 39.0 Å². The molecule has 0 unspecified atom stereocenters. The molecule has 0 aliphatic carbocycles. The largest absolute Gasteiger partial charge is 0.446 e. The van der Waals surface area contributed by atoms with E-state index >= 15 is 0 Å². The summed E-state index contributed by atoms with van der Waals surface area (Å²) in [5.41, 5.74) is 13.7. The summed E-state index contributed by atoms with van der Waals surface area (Å²) in [6.07, 6.45) is -0.616. The van der Waals surface area contributed by atoms with E-state index in [4.69, 9.17) is 16.2 Å². The summed E-state index contributed by atoms with van der Waals surface area (Å²) >= 11 is 0. The first-order chi connectivity index (χ1) is 10.4. The zero-order valence-corrected chi connectivity index (χ0v) is 12.6. The average molecular weight is 299 g/mol. The van der Waals surface area contributed by atoms with Crippen LogP contribution >= 0.6 is 0 Å². The summed E-state index contributed by atoms with van der Waals surface area (Å²) < 4.78 is 6.80. The highest BCUT2D eigenvalue weighted by atomic mass is 16.6. The minimum absolute atomic E-state index is 0.125. The van der Waals surface area contributed by atoms with E-state index in [2.05, 4.69) is 9.97 Å². The summed E-state index contributed by atoms with van der Waals surface area (Å²) in [4.78, 5) is 20.5. The first kappa shape index (κ1) is 14.1. The highest BCUT2D eigenvalue weighted by Crippen LogP contribution is 2.31. The number of nitrogen functional groups attached to an aromatic ring is 2. The molecule has 114 valence electrons. The quantitative estimate of drug-likeness (QED) is 0.714. The molecule has 0 saturated heterocycles. The molecule has 0 aliphatic heterocycles. The molecule has 0 amide bonds. The normalized spacial score (nSPS) is 11.5. The van der Waals surface area contributed by atoms with Crippen molar-refractivity contribution >= 4 is 39.7 Å². The summed E-state index contributed by atoms with van der Waals surface area (Å²) in [7, 11) is 0. The number of ether oxygens (including phenoxy) is 1. The Labute approximate surface area is 126 Å². The minimum Gasteiger partial charge on any atom is -0.446 e. The van der Waals surface area contributed by atoms with Gasteiger partial charge < -0.3 is 16.2 Å². The number of anilines is 2. The van der Waals surface area contributed by atoms with Gasteiger partial charge in [0.2, 0.25) is 5.95 Å². The average Bonchev–Trinajstić information content (AvgIpc) is 2.72. The van der Waals surface area contributed by atoms with E-state index < -0.39 is 6.09 Å². The molecule has 7 heteroatoms. The second-order valence-electron chi connectivity index (χ2n) is 5.41. The van der Waals surface area contributed by atoms with Crippen LogP contribution in [0.3, 0.4) is 0 Å². The van der Waals surface area contributed by atoms with E-state index in [1.165, 1.54) is 4.57 Å². The molecule has 7 nitrogen and oxygen atoms in total. The molecule has 3 rings (SSSR count). The fourth-order valence-electron chi connectivity index (χ4n) is 2.59. The molecule has 2 aromatic heterocycles. The predicted octanol–water partition coefficient (Wildman–Crippen LogP) is 2.45. The summed E-state index contributed by atoms with van der Waals surface area (Å²) in [5.74, 6) is 0.419. The maximum atomic E-state index is 12.3. The van der Waals surface area contributed by atoms with Gasteiger partial charge >= 0.3 is 6.09 Å². The van der Waals surface area contributed by atoms with Crippen LogP contribution in [0, 0.1) is 6.92 Å². The van der Waals surface area contributed by atoms with Gasteiger partial charge in [-0.15, -0.1) is 0 Å². The van der Waals surface area contributed by atoms with Crippen molar-refractivity contribution in [1.82, 2.24) is 14.5 Å². The van der Waals surface area contributed by atoms with Gasteiger partial charge in [0.1, 0.15) is 5.82 Å². The third kappa shape index (κ3) is 2.11. The second-order valence-corrected chi connectivity index (χ2v) is 5.41. The zero-order valence-electron chi connectivity index (χ0n) is 12.6. The van der Waals surface area contributed by atoms with Crippen LogP contribution in [0.1, 0.15) is 19.5 Å². The summed E-state index contributed by atoms with van der Waals surface area (Å²) in [6.45, 7) is 5.45. The van der Waals surface area contributed by atoms with Crippen LogP contribution in [-0.2, 0) is 4.74 Å². The Morgan fingerprint density at radius 2 is 2.00 bits per heavy atom. The van der Waals surface area contributed by atoms with Crippen LogP contribution in [0.2, 0.25) is 0 Å². The molecule has 0 fully saturated rings. The van der Waals surface area contributed by atoms with Crippen molar-refractivity contribution < 1.29 is 9.53 Å².